The van der Waals surface area contributed by atoms with Crippen molar-refractivity contribution in [3.05, 3.63) is 29.6 Å². The highest BCUT2D eigenvalue weighted by Crippen LogP contribution is 2.35. The number of benzene rings is 1. The lowest BCUT2D eigenvalue weighted by atomic mass is 9.75. The first-order valence-electron chi connectivity index (χ1n) is 6.17. The lowest BCUT2D eigenvalue weighted by Gasteiger charge is -2.46. The standard InChI is InChI=1S/C14H19N3/c1-9-16-12-7-10(5-6-13(12)17(9)4)11-8-15-14(11,2)3/h5-7,11,15H,8H2,1-4H3. The van der Waals surface area contributed by atoms with Crippen LogP contribution in [0.1, 0.15) is 31.2 Å². The lowest BCUT2D eigenvalue weighted by molar-refractivity contribution is 0.208. The molecule has 0 bridgehead atoms. The Morgan fingerprint density at radius 3 is 2.76 bits per heavy atom. The third-order valence-electron chi connectivity index (χ3n) is 4.16. The Morgan fingerprint density at radius 2 is 2.18 bits per heavy atom. The normalized spacial score (nSPS) is 22.7. The summed E-state index contributed by atoms with van der Waals surface area (Å²) >= 11 is 0. The van der Waals surface area contributed by atoms with Crippen molar-refractivity contribution in [2.45, 2.75) is 32.2 Å². The van der Waals surface area contributed by atoms with Gasteiger partial charge in [0.2, 0.25) is 0 Å². The van der Waals surface area contributed by atoms with Crippen molar-refractivity contribution < 1.29 is 0 Å². The van der Waals surface area contributed by atoms with Crippen LogP contribution in [-0.2, 0) is 7.05 Å². The van der Waals surface area contributed by atoms with Gasteiger partial charge in [-0.2, -0.15) is 0 Å². The molecule has 1 aliphatic heterocycles. The Hall–Kier alpha value is -1.35. The van der Waals surface area contributed by atoms with Crippen LogP contribution in [-0.4, -0.2) is 21.6 Å². The summed E-state index contributed by atoms with van der Waals surface area (Å²) in [5.74, 6) is 1.68. The molecular weight excluding hydrogens is 210 g/mol. The van der Waals surface area contributed by atoms with Gasteiger partial charge >= 0.3 is 0 Å². The molecule has 1 aliphatic rings. The summed E-state index contributed by atoms with van der Waals surface area (Å²) in [6, 6.07) is 6.69. The Bertz CT molecular complexity index is 580. The molecule has 1 N–H and O–H groups in total. The highest BCUT2D eigenvalue weighted by molar-refractivity contribution is 5.77. The van der Waals surface area contributed by atoms with Crippen LogP contribution >= 0.6 is 0 Å². The van der Waals surface area contributed by atoms with Gasteiger partial charge in [0, 0.05) is 25.0 Å². The fourth-order valence-electron chi connectivity index (χ4n) is 2.70. The largest absolute Gasteiger partial charge is 0.331 e. The van der Waals surface area contributed by atoms with Crippen LogP contribution in [0, 0.1) is 6.92 Å². The minimum absolute atomic E-state index is 0.220. The molecule has 2 heterocycles. The van der Waals surface area contributed by atoms with E-state index in [0.717, 1.165) is 17.9 Å². The van der Waals surface area contributed by atoms with Crippen LogP contribution in [0.15, 0.2) is 18.2 Å². The molecule has 90 valence electrons. The predicted octanol–water partition coefficient (Wildman–Crippen LogP) is 2.35. The number of nitrogens with one attached hydrogen (secondary N) is 1. The second kappa shape index (κ2) is 3.33. The second-order valence-electron chi connectivity index (χ2n) is 5.62. The highest BCUT2D eigenvalue weighted by atomic mass is 15.1. The van der Waals surface area contributed by atoms with Gasteiger partial charge in [-0.1, -0.05) is 6.07 Å². The van der Waals surface area contributed by atoms with E-state index in [-0.39, 0.29) is 5.54 Å². The highest BCUT2D eigenvalue weighted by Gasteiger charge is 2.38. The van der Waals surface area contributed by atoms with Crippen molar-refractivity contribution in [2.24, 2.45) is 7.05 Å². The molecule has 3 heteroatoms. The van der Waals surface area contributed by atoms with E-state index >= 15 is 0 Å². The Labute approximate surface area is 102 Å². The molecule has 0 saturated carbocycles. The maximum atomic E-state index is 4.60. The molecule has 3 rings (SSSR count). The molecule has 1 fully saturated rings. The summed E-state index contributed by atoms with van der Waals surface area (Å²) in [5.41, 5.74) is 3.96. The van der Waals surface area contributed by atoms with Crippen LogP contribution in [0.3, 0.4) is 0 Å². The van der Waals surface area contributed by atoms with Gasteiger partial charge in [0.1, 0.15) is 5.82 Å². The zero-order chi connectivity index (χ0) is 12.2. The first-order valence-corrected chi connectivity index (χ1v) is 6.17. The molecule has 2 aromatic rings. The molecule has 17 heavy (non-hydrogen) atoms. The van der Waals surface area contributed by atoms with Gasteiger partial charge in [0.15, 0.2) is 0 Å². The predicted molar refractivity (Wildman–Crippen MR) is 70.3 cm³/mol. The quantitative estimate of drug-likeness (QED) is 0.813. The molecule has 3 nitrogen and oxygen atoms in total. The maximum Gasteiger partial charge on any atom is 0.106 e. The first-order chi connectivity index (χ1) is 7.99. The molecule has 1 saturated heterocycles. The third-order valence-corrected chi connectivity index (χ3v) is 4.16. The third kappa shape index (κ3) is 1.49. The van der Waals surface area contributed by atoms with E-state index in [1.165, 1.54) is 11.1 Å². The van der Waals surface area contributed by atoms with Gasteiger partial charge < -0.3 is 9.88 Å². The Kier molecular flexibility index (Phi) is 2.11. The van der Waals surface area contributed by atoms with Gasteiger partial charge in [0.05, 0.1) is 11.0 Å². The van der Waals surface area contributed by atoms with Crippen molar-refractivity contribution in [3.8, 4) is 0 Å². The molecule has 1 unspecified atom stereocenters. The van der Waals surface area contributed by atoms with Gasteiger partial charge in [-0.15, -0.1) is 0 Å². The van der Waals surface area contributed by atoms with Crippen molar-refractivity contribution in [2.75, 3.05) is 6.54 Å². The van der Waals surface area contributed by atoms with Crippen LogP contribution in [0.4, 0.5) is 0 Å². The van der Waals surface area contributed by atoms with Crippen molar-refractivity contribution in [1.82, 2.24) is 14.9 Å². The molecule has 0 aliphatic carbocycles. The van der Waals surface area contributed by atoms with Crippen LogP contribution < -0.4 is 5.32 Å². The fraction of sp³-hybridized carbons (Fsp3) is 0.500. The van der Waals surface area contributed by atoms with E-state index in [1.807, 2.05) is 0 Å². The Morgan fingerprint density at radius 1 is 1.41 bits per heavy atom. The summed E-state index contributed by atoms with van der Waals surface area (Å²) in [7, 11) is 2.07. The van der Waals surface area contributed by atoms with E-state index in [2.05, 4.69) is 60.9 Å². The first kappa shape index (κ1) is 10.8. The molecular formula is C14H19N3. The number of rotatable bonds is 1. The molecule has 1 aromatic carbocycles. The molecule has 1 atom stereocenters. The van der Waals surface area contributed by atoms with Gasteiger partial charge in [0.25, 0.3) is 0 Å². The minimum atomic E-state index is 0.220. The number of fused-ring (bicyclic) bond motifs is 1. The number of hydrogen-bond acceptors (Lipinski definition) is 2. The minimum Gasteiger partial charge on any atom is -0.331 e. The van der Waals surface area contributed by atoms with E-state index in [9.17, 15) is 0 Å². The van der Waals surface area contributed by atoms with E-state index in [4.69, 9.17) is 0 Å². The lowest BCUT2D eigenvalue weighted by Crippen LogP contribution is -2.59. The Balaban J connectivity index is 2.08. The van der Waals surface area contributed by atoms with Gasteiger partial charge in [-0.3, -0.25) is 0 Å². The maximum absolute atomic E-state index is 4.60. The summed E-state index contributed by atoms with van der Waals surface area (Å²) in [4.78, 5) is 4.60. The second-order valence-corrected chi connectivity index (χ2v) is 5.62. The summed E-state index contributed by atoms with van der Waals surface area (Å²) in [5, 5.41) is 3.47. The van der Waals surface area contributed by atoms with Crippen LogP contribution in [0.2, 0.25) is 0 Å². The van der Waals surface area contributed by atoms with Gasteiger partial charge in [-0.05, 0) is 38.5 Å². The van der Waals surface area contributed by atoms with Crippen molar-refractivity contribution >= 4 is 11.0 Å². The number of aromatic nitrogens is 2. The van der Waals surface area contributed by atoms with E-state index < -0.39 is 0 Å². The average molecular weight is 229 g/mol. The molecule has 0 spiro atoms. The van der Waals surface area contributed by atoms with Crippen LogP contribution in [0.5, 0.6) is 0 Å². The summed E-state index contributed by atoms with van der Waals surface area (Å²) in [6.45, 7) is 7.64. The monoisotopic (exact) mass is 229 g/mol. The smallest absolute Gasteiger partial charge is 0.106 e. The van der Waals surface area contributed by atoms with Crippen LogP contribution in [0.25, 0.3) is 11.0 Å². The fourth-order valence-corrected chi connectivity index (χ4v) is 2.70. The summed E-state index contributed by atoms with van der Waals surface area (Å²) in [6.07, 6.45) is 0. The van der Waals surface area contributed by atoms with E-state index in [0.29, 0.717) is 5.92 Å². The zero-order valence-corrected chi connectivity index (χ0v) is 10.9. The van der Waals surface area contributed by atoms with Gasteiger partial charge in [-0.25, -0.2) is 4.98 Å². The SMILES string of the molecule is Cc1nc2cc(C3CNC3(C)C)ccc2n1C. The zero-order valence-electron chi connectivity index (χ0n) is 10.9. The number of aryl methyl sites for hydroxylation is 2. The topological polar surface area (TPSA) is 29.9 Å². The molecule has 0 amide bonds. The number of imidazole rings is 1. The number of hydrogen-bond donors (Lipinski definition) is 1. The van der Waals surface area contributed by atoms with E-state index in [1.54, 1.807) is 0 Å². The summed E-state index contributed by atoms with van der Waals surface area (Å²) < 4.78 is 2.14. The van der Waals surface area contributed by atoms with Crippen molar-refractivity contribution in [3.63, 3.8) is 0 Å². The van der Waals surface area contributed by atoms with Crippen molar-refractivity contribution in [1.29, 1.82) is 0 Å². The molecule has 1 aromatic heterocycles. The average Bonchev–Trinajstić information content (AvgIpc) is 2.53. The molecule has 0 radical (unpaired) electrons. The number of nitrogens with zero attached hydrogens (tertiary/aromatic N) is 2.